The van der Waals surface area contributed by atoms with Gasteiger partial charge >= 0.3 is 0 Å². The van der Waals surface area contributed by atoms with Gasteiger partial charge in [-0.25, -0.2) is 0 Å². The smallest absolute Gasteiger partial charge is 0.161 e. The van der Waals surface area contributed by atoms with E-state index in [-0.39, 0.29) is 6.04 Å². The Kier molecular flexibility index (Phi) is 7.82. The minimum atomic E-state index is 0.239. The zero-order valence-corrected chi connectivity index (χ0v) is 15.5. The van der Waals surface area contributed by atoms with Crippen molar-refractivity contribution in [1.82, 2.24) is 9.80 Å². The molecule has 0 bridgehead atoms. The monoisotopic (exact) mass is 335 g/mol. The molecule has 0 aromatic heterocycles. The summed E-state index contributed by atoms with van der Waals surface area (Å²) in [5, 5.41) is 0. The molecule has 2 N–H and O–H groups in total. The number of hydrogen-bond acceptors (Lipinski definition) is 5. The van der Waals surface area contributed by atoms with Crippen LogP contribution in [-0.4, -0.2) is 62.8 Å². The molecular formula is C19H33N3O2. The van der Waals surface area contributed by atoms with Gasteiger partial charge in [0.1, 0.15) is 0 Å². The van der Waals surface area contributed by atoms with Gasteiger partial charge in [-0.3, -0.25) is 4.90 Å². The van der Waals surface area contributed by atoms with Crippen molar-refractivity contribution in [3.05, 3.63) is 23.8 Å². The zero-order valence-electron chi connectivity index (χ0n) is 15.5. The average molecular weight is 335 g/mol. The number of ether oxygens (including phenoxy) is 2. The minimum absolute atomic E-state index is 0.239. The van der Waals surface area contributed by atoms with Gasteiger partial charge in [0.05, 0.1) is 13.7 Å². The highest BCUT2D eigenvalue weighted by molar-refractivity contribution is 5.44. The highest BCUT2D eigenvalue weighted by Crippen LogP contribution is 2.32. The number of rotatable bonds is 9. The van der Waals surface area contributed by atoms with E-state index >= 15 is 0 Å². The van der Waals surface area contributed by atoms with E-state index in [1.807, 2.05) is 6.07 Å². The lowest BCUT2D eigenvalue weighted by Gasteiger charge is -2.38. The summed E-state index contributed by atoms with van der Waals surface area (Å²) in [6, 6.07) is 6.47. The number of nitrogens with zero attached hydrogens (tertiary/aromatic N) is 2. The second kappa shape index (κ2) is 9.87. The maximum absolute atomic E-state index is 6.12. The van der Waals surface area contributed by atoms with Crippen LogP contribution in [0.2, 0.25) is 0 Å². The first-order valence-corrected chi connectivity index (χ1v) is 9.20. The van der Waals surface area contributed by atoms with Crippen LogP contribution in [0.4, 0.5) is 0 Å². The van der Waals surface area contributed by atoms with Crippen LogP contribution in [0, 0.1) is 0 Å². The van der Waals surface area contributed by atoms with Gasteiger partial charge in [-0.2, -0.15) is 0 Å². The molecule has 0 saturated carbocycles. The number of hydrogen-bond donors (Lipinski definition) is 1. The highest BCUT2D eigenvalue weighted by atomic mass is 16.5. The summed E-state index contributed by atoms with van der Waals surface area (Å²) < 4.78 is 11.4. The fourth-order valence-corrected chi connectivity index (χ4v) is 3.23. The molecule has 0 amide bonds. The maximum atomic E-state index is 6.12. The molecule has 1 heterocycles. The van der Waals surface area contributed by atoms with Crippen molar-refractivity contribution in [1.29, 1.82) is 0 Å². The predicted molar refractivity (Wildman–Crippen MR) is 98.9 cm³/mol. The number of benzene rings is 1. The normalized spacial score (nSPS) is 17.7. The van der Waals surface area contributed by atoms with Crippen LogP contribution in [0.25, 0.3) is 0 Å². The average Bonchev–Trinajstić information content (AvgIpc) is 2.63. The number of likely N-dealkylation sites (N-methyl/N-ethyl adjacent to an activating group) is 1. The van der Waals surface area contributed by atoms with E-state index in [1.54, 1.807) is 7.11 Å². The highest BCUT2D eigenvalue weighted by Gasteiger charge is 2.24. The molecule has 1 unspecified atom stereocenters. The lowest BCUT2D eigenvalue weighted by atomic mass is 10.0. The number of unbranched alkanes of at least 4 members (excludes halogenated alkanes) is 1. The SMILES string of the molecule is CCCCOc1cc(C(CN)N2CCN(CC)CC2)ccc1OC. The van der Waals surface area contributed by atoms with Crippen molar-refractivity contribution in [2.24, 2.45) is 5.73 Å². The molecule has 0 radical (unpaired) electrons. The van der Waals surface area contributed by atoms with Crippen LogP contribution in [0.1, 0.15) is 38.3 Å². The van der Waals surface area contributed by atoms with E-state index in [0.717, 1.165) is 63.7 Å². The second-order valence-corrected chi connectivity index (χ2v) is 6.33. The molecule has 1 aliphatic rings. The molecule has 1 aromatic carbocycles. The van der Waals surface area contributed by atoms with Crippen LogP contribution in [0.15, 0.2) is 18.2 Å². The lowest BCUT2D eigenvalue weighted by Crippen LogP contribution is -2.48. The Labute approximate surface area is 146 Å². The Bertz CT molecular complexity index is 488. The molecule has 1 fully saturated rings. The van der Waals surface area contributed by atoms with Gasteiger partial charge in [0, 0.05) is 38.8 Å². The summed E-state index contributed by atoms with van der Waals surface area (Å²) in [6.07, 6.45) is 2.17. The molecule has 136 valence electrons. The molecule has 5 nitrogen and oxygen atoms in total. The molecule has 1 atom stereocenters. The van der Waals surface area contributed by atoms with Crippen molar-refractivity contribution in [2.75, 3.05) is 53.0 Å². The van der Waals surface area contributed by atoms with Crippen molar-refractivity contribution in [2.45, 2.75) is 32.7 Å². The summed E-state index contributed by atoms with van der Waals surface area (Å²) in [5.74, 6) is 1.62. The number of nitrogens with two attached hydrogens (primary N) is 1. The van der Waals surface area contributed by atoms with Crippen LogP contribution < -0.4 is 15.2 Å². The Morgan fingerprint density at radius 2 is 1.88 bits per heavy atom. The summed E-state index contributed by atoms with van der Waals surface area (Å²) >= 11 is 0. The molecule has 2 rings (SSSR count). The summed E-state index contributed by atoms with van der Waals surface area (Å²) in [7, 11) is 1.69. The second-order valence-electron chi connectivity index (χ2n) is 6.33. The van der Waals surface area contributed by atoms with Crippen LogP contribution in [0.3, 0.4) is 0 Å². The van der Waals surface area contributed by atoms with Crippen LogP contribution >= 0.6 is 0 Å². The first-order valence-electron chi connectivity index (χ1n) is 9.20. The fourth-order valence-electron chi connectivity index (χ4n) is 3.23. The molecule has 1 aliphatic heterocycles. The van der Waals surface area contributed by atoms with Crippen LogP contribution in [-0.2, 0) is 0 Å². The standard InChI is InChI=1S/C19H33N3O2/c1-4-6-13-24-19-14-16(7-8-18(19)23-3)17(15-20)22-11-9-21(5-2)10-12-22/h7-8,14,17H,4-6,9-13,15,20H2,1-3H3. The van der Waals surface area contributed by atoms with E-state index in [4.69, 9.17) is 15.2 Å². The minimum Gasteiger partial charge on any atom is -0.493 e. The number of piperazine rings is 1. The third-order valence-corrected chi connectivity index (χ3v) is 4.85. The van der Waals surface area contributed by atoms with Gasteiger partial charge in [-0.05, 0) is 30.7 Å². The van der Waals surface area contributed by atoms with Gasteiger partial charge in [0.2, 0.25) is 0 Å². The molecule has 1 saturated heterocycles. The third kappa shape index (κ3) is 4.85. The molecule has 1 aromatic rings. The van der Waals surface area contributed by atoms with Crippen molar-refractivity contribution < 1.29 is 9.47 Å². The summed E-state index contributed by atoms with van der Waals surface area (Å²) in [4.78, 5) is 4.97. The fraction of sp³-hybridized carbons (Fsp3) is 0.684. The van der Waals surface area contributed by atoms with Crippen LogP contribution in [0.5, 0.6) is 11.5 Å². The van der Waals surface area contributed by atoms with E-state index in [9.17, 15) is 0 Å². The zero-order chi connectivity index (χ0) is 17.4. The first kappa shape index (κ1) is 19.0. The summed E-state index contributed by atoms with van der Waals surface area (Å²) in [5.41, 5.74) is 7.34. The van der Waals surface area contributed by atoms with Gasteiger partial charge in [0.25, 0.3) is 0 Å². The largest absolute Gasteiger partial charge is 0.493 e. The Morgan fingerprint density at radius 1 is 1.12 bits per heavy atom. The van der Waals surface area contributed by atoms with Crippen molar-refractivity contribution in [3.8, 4) is 11.5 Å². The Balaban J connectivity index is 2.11. The van der Waals surface area contributed by atoms with Crippen molar-refractivity contribution in [3.63, 3.8) is 0 Å². The Hall–Kier alpha value is -1.30. The van der Waals surface area contributed by atoms with Crippen molar-refractivity contribution >= 4 is 0 Å². The summed E-state index contributed by atoms with van der Waals surface area (Å²) in [6.45, 7) is 11.2. The molecule has 5 heteroatoms. The van der Waals surface area contributed by atoms with E-state index in [2.05, 4.69) is 35.8 Å². The lowest BCUT2D eigenvalue weighted by molar-refractivity contribution is 0.102. The third-order valence-electron chi connectivity index (χ3n) is 4.85. The quantitative estimate of drug-likeness (QED) is 0.703. The molecule has 0 spiro atoms. The first-order chi connectivity index (χ1) is 11.7. The van der Waals surface area contributed by atoms with Gasteiger partial charge in [0.15, 0.2) is 11.5 Å². The van der Waals surface area contributed by atoms with Gasteiger partial charge in [-0.1, -0.05) is 26.3 Å². The molecular weight excluding hydrogens is 302 g/mol. The van der Waals surface area contributed by atoms with E-state index in [1.165, 1.54) is 5.56 Å². The number of methoxy groups -OCH3 is 1. The predicted octanol–water partition coefficient (Wildman–Crippen LogP) is 2.51. The van der Waals surface area contributed by atoms with Gasteiger partial charge < -0.3 is 20.1 Å². The van der Waals surface area contributed by atoms with Gasteiger partial charge in [-0.15, -0.1) is 0 Å². The molecule has 0 aliphatic carbocycles. The molecule has 24 heavy (non-hydrogen) atoms. The van der Waals surface area contributed by atoms with E-state index in [0.29, 0.717) is 6.54 Å². The van der Waals surface area contributed by atoms with E-state index < -0.39 is 0 Å². The maximum Gasteiger partial charge on any atom is 0.161 e. The topological polar surface area (TPSA) is 51.0 Å². The Morgan fingerprint density at radius 3 is 2.46 bits per heavy atom.